The van der Waals surface area contributed by atoms with Crippen LogP contribution in [-0.4, -0.2) is 9.97 Å². The smallest absolute Gasteiger partial charge is 0.131 e. The van der Waals surface area contributed by atoms with Gasteiger partial charge in [0.15, 0.2) is 0 Å². The number of nitrogens with two attached hydrogens (primary N) is 2. The van der Waals surface area contributed by atoms with Crippen molar-refractivity contribution in [2.45, 2.75) is 25.7 Å². The number of nitrogen functional groups attached to an aromatic ring is 2. The molecule has 4 nitrogen and oxygen atoms in total. The monoisotopic (exact) mass is 240 g/mol. The van der Waals surface area contributed by atoms with Gasteiger partial charge in [-0.05, 0) is 23.5 Å². The molecule has 3 rings (SSSR count). The number of hydrogen-bond donors (Lipinski definition) is 2. The molecule has 0 unspecified atom stereocenters. The van der Waals surface area contributed by atoms with E-state index in [0.717, 1.165) is 34.5 Å². The van der Waals surface area contributed by atoms with Gasteiger partial charge >= 0.3 is 0 Å². The quantitative estimate of drug-likeness (QED) is 0.691. The van der Waals surface area contributed by atoms with E-state index in [1.165, 1.54) is 6.33 Å². The average Bonchev–Trinajstić information content (AvgIpc) is 2.30. The van der Waals surface area contributed by atoms with Gasteiger partial charge in [-0.2, -0.15) is 0 Å². The van der Waals surface area contributed by atoms with Crippen LogP contribution in [0.3, 0.4) is 0 Å². The summed E-state index contributed by atoms with van der Waals surface area (Å²) in [4.78, 5) is 8.53. The van der Waals surface area contributed by atoms with Gasteiger partial charge in [-0.3, -0.25) is 0 Å². The lowest BCUT2D eigenvalue weighted by atomic mass is 9.71. The average molecular weight is 240 g/mol. The topological polar surface area (TPSA) is 77.8 Å². The molecule has 92 valence electrons. The molecule has 0 saturated carbocycles. The number of fused-ring (bicyclic) bond motifs is 3. The third-order valence-corrected chi connectivity index (χ3v) is 3.64. The van der Waals surface area contributed by atoms with Crippen molar-refractivity contribution in [1.29, 1.82) is 0 Å². The van der Waals surface area contributed by atoms with Crippen molar-refractivity contribution < 1.29 is 0 Å². The minimum Gasteiger partial charge on any atom is -0.398 e. The summed E-state index contributed by atoms with van der Waals surface area (Å²) in [7, 11) is 0. The Balaban J connectivity index is 2.39. The fraction of sp³-hybridized carbons (Fsp3) is 0.286. The molecule has 1 aromatic carbocycles. The first-order valence-electron chi connectivity index (χ1n) is 5.99. The molecule has 0 radical (unpaired) electrons. The van der Waals surface area contributed by atoms with Crippen LogP contribution in [0.2, 0.25) is 0 Å². The molecule has 2 aromatic rings. The molecule has 4 heteroatoms. The molecule has 4 N–H and O–H groups in total. The van der Waals surface area contributed by atoms with Crippen molar-refractivity contribution in [1.82, 2.24) is 9.97 Å². The highest BCUT2D eigenvalue weighted by Crippen LogP contribution is 2.45. The van der Waals surface area contributed by atoms with Gasteiger partial charge in [0.1, 0.15) is 12.1 Å². The Kier molecular flexibility index (Phi) is 2.11. The fourth-order valence-corrected chi connectivity index (χ4v) is 2.82. The molecule has 0 fully saturated rings. The minimum atomic E-state index is -0.0941. The first kappa shape index (κ1) is 11.0. The van der Waals surface area contributed by atoms with Crippen LogP contribution in [0.25, 0.3) is 11.3 Å². The van der Waals surface area contributed by atoms with E-state index in [9.17, 15) is 0 Å². The van der Waals surface area contributed by atoms with E-state index in [1.807, 2.05) is 18.2 Å². The van der Waals surface area contributed by atoms with Gasteiger partial charge in [0.2, 0.25) is 0 Å². The van der Waals surface area contributed by atoms with E-state index in [0.29, 0.717) is 5.82 Å². The molecular weight excluding hydrogens is 224 g/mol. The van der Waals surface area contributed by atoms with Gasteiger partial charge in [0.05, 0.1) is 5.69 Å². The predicted octanol–water partition coefficient (Wildman–Crippen LogP) is 2.14. The van der Waals surface area contributed by atoms with Gasteiger partial charge in [-0.1, -0.05) is 26.0 Å². The van der Waals surface area contributed by atoms with E-state index in [4.69, 9.17) is 11.5 Å². The maximum absolute atomic E-state index is 6.08. The highest BCUT2D eigenvalue weighted by molar-refractivity contribution is 5.79. The van der Waals surface area contributed by atoms with E-state index < -0.39 is 0 Å². The molecule has 1 aliphatic carbocycles. The Bertz CT molecular complexity index is 632. The van der Waals surface area contributed by atoms with Crippen LogP contribution < -0.4 is 11.5 Å². The number of benzene rings is 1. The minimum absolute atomic E-state index is 0.0941. The molecule has 1 heterocycles. The Morgan fingerprint density at radius 3 is 2.72 bits per heavy atom. The SMILES string of the molecule is CC1(C)Cc2c(N)cccc2-c2ncnc(N)c21. The van der Waals surface area contributed by atoms with Crippen molar-refractivity contribution in [2.24, 2.45) is 0 Å². The summed E-state index contributed by atoms with van der Waals surface area (Å²) in [6.07, 6.45) is 2.38. The second kappa shape index (κ2) is 3.45. The molecule has 1 aromatic heterocycles. The summed E-state index contributed by atoms with van der Waals surface area (Å²) >= 11 is 0. The molecule has 0 aliphatic heterocycles. The summed E-state index contributed by atoms with van der Waals surface area (Å²) in [6.45, 7) is 4.31. The van der Waals surface area contributed by atoms with Crippen LogP contribution in [0.5, 0.6) is 0 Å². The summed E-state index contributed by atoms with van der Waals surface area (Å²) in [5, 5.41) is 0. The van der Waals surface area contributed by atoms with Gasteiger partial charge in [0, 0.05) is 16.8 Å². The van der Waals surface area contributed by atoms with Crippen LogP contribution >= 0.6 is 0 Å². The van der Waals surface area contributed by atoms with Crippen LogP contribution in [-0.2, 0) is 11.8 Å². The van der Waals surface area contributed by atoms with Gasteiger partial charge in [-0.15, -0.1) is 0 Å². The molecule has 0 bridgehead atoms. The number of aromatic nitrogens is 2. The lowest BCUT2D eigenvalue weighted by molar-refractivity contribution is 0.515. The summed E-state index contributed by atoms with van der Waals surface area (Å²) in [5.74, 6) is 0.568. The van der Waals surface area contributed by atoms with Crippen LogP contribution in [0.1, 0.15) is 25.0 Å². The zero-order valence-corrected chi connectivity index (χ0v) is 10.6. The highest BCUT2D eigenvalue weighted by Gasteiger charge is 2.35. The lowest BCUT2D eigenvalue weighted by Gasteiger charge is -2.34. The first-order chi connectivity index (χ1) is 8.50. The highest BCUT2D eigenvalue weighted by atomic mass is 14.9. The van der Waals surface area contributed by atoms with Crippen LogP contribution in [0, 0.1) is 0 Å². The fourth-order valence-electron chi connectivity index (χ4n) is 2.82. The zero-order chi connectivity index (χ0) is 12.9. The van der Waals surface area contributed by atoms with Crippen molar-refractivity contribution in [3.63, 3.8) is 0 Å². The summed E-state index contributed by atoms with van der Waals surface area (Å²) in [5.41, 5.74) is 17.0. The molecular formula is C14H16N4. The van der Waals surface area contributed by atoms with E-state index in [2.05, 4.69) is 23.8 Å². The standard InChI is InChI=1S/C14H16N4/c1-14(2)6-9-8(4-3-5-10(9)15)12-11(14)13(16)18-7-17-12/h3-5,7H,6,15H2,1-2H3,(H2,16,17,18). The molecule has 0 amide bonds. The molecule has 0 spiro atoms. The van der Waals surface area contributed by atoms with Gasteiger partial charge < -0.3 is 11.5 Å². The van der Waals surface area contributed by atoms with Gasteiger partial charge in [0.25, 0.3) is 0 Å². The first-order valence-corrected chi connectivity index (χ1v) is 5.99. The Hall–Kier alpha value is -2.10. The van der Waals surface area contributed by atoms with Crippen molar-refractivity contribution in [3.05, 3.63) is 35.7 Å². The zero-order valence-electron chi connectivity index (χ0n) is 10.6. The number of anilines is 2. The Morgan fingerprint density at radius 1 is 1.17 bits per heavy atom. The summed E-state index contributed by atoms with van der Waals surface area (Å²) < 4.78 is 0. The van der Waals surface area contributed by atoms with E-state index in [1.54, 1.807) is 0 Å². The lowest BCUT2D eigenvalue weighted by Crippen LogP contribution is -2.28. The Morgan fingerprint density at radius 2 is 1.94 bits per heavy atom. The maximum Gasteiger partial charge on any atom is 0.131 e. The molecule has 18 heavy (non-hydrogen) atoms. The predicted molar refractivity (Wildman–Crippen MR) is 73.0 cm³/mol. The van der Waals surface area contributed by atoms with Gasteiger partial charge in [-0.25, -0.2) is 9.97 Å². The summed E-state index contributed by atoms with van der Waals surface area (Å²) in [6, 6.07) is 5.94. The molecule has 0 atom stereocenters. The number of nitrogens with zero attached hydrogens (tertiary/aromatic N) is 2. The maximum atomic E-state index is 6.08. The third kappa shape index (κ3) is 1.38. The molecule has 1 aliphatic rings. The van der Waals surface area contributed by atoms with E-state index in [-0.39, 0.29) is 5.41 Å². The van der Waals surface area contributed by atoms with Crippen molar-refractivity contribution in [2.75, 3.05) is 11.5 Å². The van der Waals surface area contributed by atoms with Crippen molar-refractivity contribution >= 4 is 11.5 Å². The second-order valence-corrected chi connectivity index (χ2v) is 5.42. The Labute approximate surface area is 106 Å². The van der Waals surface area contributed by atoms with Crippen molar-refractivity contribution in [3.8, 4) is 11.3 Å². The molecule has 0 saturated heterocycles. The second-order valence-electron chi connectivity index (χ2n) is 5.42. The number of hydrogen-bond acceptors (Lipinski definition) is 4. The van der Waals surface area contributed by atoms with Crippen LogP contribution in [0.4, 0.5) is 11.5 Å². The number of rotatable bonds is 0. The largest absolute Gasteiger partial charge is 0.398 e. The van der Waals surface area contributed by atoms with Crippen LogP contribution in [0.15, 0.2) is 24.5 Å². The third-order valence-electron chi connectivity index (χ3n) is 3.64. The van der Waals surface area contributed by atoms with E-state index >= 15 is 0 Å². The normalized spacial score (nSPS) is 15.9.